The molecule has 0 spiro atoms. The molecule has 0 radical (unpaired) electrons. The Morgan fingerprint density at radius 1 is 1.39 bits per heavy atom. The average molecular weight is 312 g/mol. The van der Waals surface area contributed by atoms with Crippen LogP contribution in [-0.2, 0) is 17.7 Å². The quantitative estimate of drug-likeness (QED) is 0.931. The summed E-state index contributed by atoms with van der Waals surface area (Å²) >= 11 is 3.57. The molecule has 1 atom stereocenters. The van der Waals surface area contributed by atoms with Gasteiger partial charge in [-0.1, -0.05) is 15.9 Å². The van der Waals surface area contributed by atoms with Gasteiger partial charge in [0, 0.05) is 35.1 Å². The zero-order valence-electron chi connectivity index (χ0n) is 10.6. The van der Waals surface area contributed by atoms with Crippen molar-refractivity contribution in [1.29, 1.82) is 0 Å². The van der Waals surface area contributed by atoms with Crippen LogP contribution in [0.5, 0.6) is 5.75 Å². The van der Waals surface area contributed by atoms with E-state index in [0.717, 1.165) is 49.4 Å². The fourth-order valence-electron chi connectivity index (χ4n) is 2.59. The van der Waals surface area contributed by atoms with Gasteiger partial charge in [0.1, 0.15) is 5.75 Å². The molecule has 2 aliphatic rings. The molecule has 1 N–H and O–H groups in total. The molecule has 3 rings (SSSR count). The fraction of sp³-hybridized carbons (Fsp3) is 0.571. The van der Waals surface area contributed by atoms with Crippen molar-refractivity contribution in [2.75, 3.05) is 19.8 Å². The van der Waals surface area contributed by atoms with Crippen molar-refractivity contribution in [1.82, 2.24) is 5.32 Å². The van der Waals surface area contributed by atoms with E-state index in [1.165, 1.54) is 11.1 Å². The molecule has 1 saturated heterocycles. The average Bonchev–Trinajstić information content (AvgIpc) is 2.95. The first-order valence-electron chi connectivity index (χ1n) is 6.43. The zero-order valence-corrected chi connectivity index (χ0v) is 12.2. The summed E-state index contributed by atoms with van der Waals surface area (Å²) in [6, 6.07) is 4.31. The molecule has 18 heavy (non-hydrogen) atoms. The van der Waals surface area contributed by atoms with E-state index in [4.69, 9.17) is 9.47 Å². The molecule has 1 unspecified atom stereocenters. The SMILES string of the molecule is CC1(NCc2cc(Br)cc3c2OCC3)CCOC1. The van der Waals surface area contributed by atoms with Gasteiger partial charge in [-0.05, 0) is 31.0 Å². The number of hydrogen-bond acceptors (Lipinski definition) is 3. The number of ether oxygens (including phenoxy) is 2. The van der Waals surface area contributed by atoms with Gasteiger partial charge in [0.2, 0.25) is 0 Å². The van der Waals surface area contributed by atoms with Crippen LogP contribution in [0.25, 0.3) is 0 Å². The lowest BCUT2D eigenvalue weighted by molar-refractivity contribution is 0.171. The molecule has 1 fully saturated rings. The predicted molar refractivity (Wildman–Crippen MR) is 74.0 cm³/mol. The first kappa shape index (κ1) is 12.5. The lowest BCUT2D eigenvalue weighted by Gasteiger charge is -2.24. The zero-order chi connectivity index (χ0) is 12.6. The molecule has 0 saturated carbocycles. The van der Waals surface area contributed by atoms with Gasteiger partial charge >= 0.3 is 0 Å². The van der Waals surface area contributed by atoms with Crippen LogP contribution in [-0.4, -0.2) is 25.4 Å². The molecule has 2 aliphatic heterocycles. The van der Waals surface area contributed by atoms with Crippen LogP contribution < -0.4 is 10.1 Å². The summed E-state index contributed by atoms with van der Waals surface area (Å²) in [5.41, 5.74) is 2.66. The van der Waals surface area contributed by atoms with Crippen molar-refractivity contribution in [2.24, 2.45) is 0 Å². The van der Waals surface area contributed by atoms with Gasteiger partial charge in [0.25, 0.3) is 0 Å². The first-order valence-corrected chi connectivity index (χ1v) is 7.22. The Morgan fingerprint density at radius 2 is 2.28 bits per heavy atom. The summed E-state index contributed by atoms with van der Waals surface area (Å²) in [6.45, 7) is 5.51. The molecule has 3 nitrogen and oxygen atoms in total. The predicted octanol–water partition coefficient (Wildman–Crippen LogP) is 2.65. The van der Waals surface area contributed by atoms with Crippen LogP contribution in [0.15, 0.2) is 16.6 Å². The lowest BCUT2D eigenvalue weighted by Crippen LogP contribution is -2.42. The minimum Gasteiger partial charge on any atom is -0.493 e. The van der Waals surface area contributed by atoms with Crippen molar-refractivity contribution < 1.29 is 9.47 Å². The smallest absolute Gasteiger partial charge is 0.127 e. The van der Waals surface area contributed by atoms with Gasteiger partial charge in [0.15, 0.2) is 0 Å². The van der Waals surface area contributed by atoms with Gasteiger partial charge in [-0.25, -0.2) is 0 Å². The van der Waals surface area contributed by atoms with E-state index >= 15 is 0 Å². The third-order valence-electron chi connectivity index (χ3n) is 3.75. The fourth-order valence-corrected chi connectivity index (χ4v) is 3.15. The van der Waals surface area contributed by atoms with Crippen LogP contribution in [0.4, 0.5) is 0 Å². The molecule has 0 amide bonds. The van der Waals surface area contributed by atoms with E-state index in [0.29, 0.717) is 0 Å². The summed E-state index contributed by atoms with van der Waals surface area (Å²) in [5, 5.41) is 3.61. The Kier molecular flexibility index (Phi) is 3.34. The summed E-state index contributed by atoms with van der Waals surface area (Å²) in [6.07, 6.45) is 2.09. The summed E-state index contributed by atoms with van der Waals surface area (Å²) < 4.78 is 12.3. The Balaban J connectivity index is 1.76. The second-order valence-corrected chi connectivity index (χ2v) is 6.28. The normalized spacial score (nSPS) is 26.1. The standard InChI is InChI=1S/C14H18BrNO2/c1-14(3-5-17-9-14)16-8-11-7-12(15)6-10-2-4-18-13(10)11/h6-7,16H,2-5,8-9H2,1H3. The number of nitrogens with one attached hydrogen (secondary N) is 1. The largest absolute Gasteiger partial charge is 0.493 e. The number of hydrogen-bond donors (Lipinski definition) is 1. The maximum atomic E-state index is 5.74. The lowest BCUT2D eigenvalue weighted by atomic mass is 10.0. The van der Waals surface area contributed by atoms with Gasteiger partial charge in [0.05, 0.1) is 13.2 Å². The molecule has 4 heteroatoms. The molecular formula is C14H18BrNO2. The van der Waals surface area contributed by atoms with Crippen LogP contribution in [0.2, 0.25) is 0 Å². The molecule has 1 aromatic carbocycles. The second kappa shape index (κ2) is 4.83. The van der Waals surface area contributed by atoms with E-state index in [9.17, 15) is 0 Å². The van der Waals surface area contributed by atoms with Gasteiger partial charge in [-0.15, -0.1) is 0 Å². The van der Waals surface area contributed by atoms with Crippen molar-refractivity contribution in [3.05, 3.63) is 27.7 Å². The number of fused-ring (bicyclic) bond motifs is 1. The molecule has 0 aliphatic carbocycles. The van der Waals surface area contributed by atoms with Crippen molar-refractivity contribution in [2.45, 2.75) is 31.8 Å². The monoisotopic (exact) mass is 311 g/mol. The van der Waals surface area contributed by atoms with Crippen LogP contribution in [0.1, 0.15) is 24.5 Å². The highest BCUT2D eigenvalue weighted by Gasteiger charge is 2.29. The maximum Gasteiger partial charge on any atom is 0.127 e. The minimum absolute atomic E-state index is 0.105. The summed E-state index contributed by atoms with van der Waals surface area (Å²) in [7, 11) is 0. The van der Waals surface area contributed by atoms with E-state index < -0.39 is 0 Å². The Morgan fingerprint density at radius 3 is 3.06 bits per heavy atom. The third-order valence-corrected chi connectivity index (χ3v) is 4.21. The van der Waals surface area contributed by atoms with Gasteiger partial charge < -0.3 is 14.8 Å². The highest BCUT2D eigenvalue weighted by molar-refractivity contribution is 9.10. The molecule has 98 valence electrons. The van der Waals surface area contributed by atoms with Crippen molar-refractivity contribution in [3.63, 3.8) is 0 Å². The Labute approximate surface area is 116 Å². The Hall–Kier alpha value is -0.580. The number of halogens is 1. The molecule has 1 aromatic rings. The summed E-state index contributed by atoms with van der Waals surface area (Å²) in [4.78, 5) is 0. The minimum atomic E-state index is 0.105. The molecule has 0 aromatic heterocycles. The molecule has 2 heterocycles. The van der Waals surface area contributed by atoms with Crippen LogP contribution in [0.3, 0.4) is 0 Å². The van der Waals surface area contributed by atoms with Crippen molar-refractivity contribution >= 4 is 15.9 Å². The van der Waals surface area contributed by atoms with E-state index in [1.54, 1.807) is 0 Å². The molecule has 0 bridgehead atoms. The first-order chi connectivity index (χ1) is 8.66. The summed E-state index contributed by atoms with van der Waals surface area (Å²) in [5.74, 6) is 1.08. The van der Waals surface area contributed by atoms with E-state index in [-0.39, 0.29) is 5.54 Å². The van der Waals surface area contributed by atoms with Gasteiger partial charge in [-0.2, -0.15) is 0 Å². The van der Waals surface area contributed by atoms with Crippen LogP contribution >= 0.6 is 15.9 Å². The van der Waals surface area contributed by atoms with Crippen LogP contribution in [0, 0.1) is 0 Å². The topological polar surface area (TPSA) is 30.5 Å². The Bertz CT molecular complexity index is 455. The number of benzene rings is 1. The maximum absolute atomic E-state index is 5.74. The van der Waals surface area contributed by atoms with E-state index in [2.05, 4.69) is 40.3 Å². The second-order valence-electron chi connectivity index (χ2n) is 5.37. The van der Waals surface area contributed by atoms with Gasteiger partial charge in [-0.3, -0.25) is 0 Å². The third kappa shape index (κ3) is 2.42. The number of rotatable bonds is 3. The molecular weight excluding hydrogens is 294 g/mol. The highest BCUT2D eigenvalue weighted by Crippen LogP contribution is 2.33. The highest BCUT2D eigenvalue weighted by atomic mass is 79.9. The van der Waals surface area contributed by atoms with Crippen molar-refractivity contribution in [3.8, 4) is 5.75 Å². The van der Waals surface area contributed by atoms with E-state index in [1.807, 2.05) is 0 Å².